The van der Waals surface area contributed by atoms with Gasteiger partial charge in [0.15, 0.2) is 0 Å². The molecule has 122 valence electrons. The Hall–Kier alpha value is -0.910. The second kappa shape index (κ2) is 8.09. The van der Waals surface area contributed by atoms with Crippen LogP contribution in [0.5, 0.6) is 0 Å². The van der Waals surface area contributed by atoms with Crippen LogP contribution in [0.4, 0.5) is 10.5 Å². The average molecular weight is 342 g/mol. The van der Waals surface area contributed by atoms with Gasteiger partial charge in [-0.3, -0.25) is 0 Å². The first-order valence-electron chi connectivity index (χ1n) is 7.62. The van der Waals surface area contributed by atoms with Crippen LogP contribution < -0.4 is 5.32 Å². The standard InChI is InChI=1S/C16H24ClN3OS/c1-4-19(2)10-12-8-9-20(11-12)16(21)18-14-7-5-6-13(17)15(14)22-3/h5-7,12H,4,8-11H2,1-3H3,(H,18,21). The molecule has 1 N–H and O–H groups in total. The molecule has 1 aliphatic rings. The lowest BCUT2D eigenvalue weighted by Gasteiger charge is -2.21. The van der Waals surface area contributed by atoms with Gasteiger partial charge < -0.3 is 15.1 Å². The molecule has 1 aromatic carbocycles. The number of hydrogen-bond donors (Lipinski definition) is 1. The van der Waals surface area contributed by atoms with Crippen molar-refractivity contribution in [3.05, 3.63) is 23.2 Å². The molecule has 0 saturated carbocycles. The van der Waals surface area contributed by atoms with Gasteiger partial charge in [-0.2, -0.15) is 0 Å². The number of hydrogen-bond acceptors (Lipinski definition) is 3. The minimum atomic E-state index is -0.0285. The molecular formula is C16H24ClN3OS. The van der Waals surface area contributed by atoms with E-state index in [4.69, 9.17) is 11.6 Å². The first-order valence-corrected chi connectivity index (χ1v) is 9.22. The van der Waals surface area contributed by atoms with E-state index in [1.807, 2.05) is 29.4 Å². The zero-order valence-corrected chi connectivity index (χ0v) is 15.0. The number of nitrogens with zero attached hydrogens (tertiary/aromatic N) is 2. The van der Waals surface area contributed by atoms with Gasteiger partial charge >= 0.3 is 6.03 Å². The van der Waals surface area contributed by atoms with Crippen molar-refractivity contribution in [2.75, 3.05) is 44.8 Å². The van der Waals surface area contributed by atoms with E-state index in [0.717, 1.165) is 43.2 Å². The van der Waals surface area contributed by atoms with E-state index in [1.165, 1.54) is 0 Å². The highest BCUT2D eigenvalue weighted by Gasteiger charge is 2.27. The van der Waals surface area contributed by atoms with Crippen molar-refractivity contribution < 1.29 is 4.79 Å². The van der Waals surface area contributed by atoms with Crippen LogP contribution in [0.2, 0.25) is 5.02 Å². The number of rotatable bonds is 5. The van der Waals surface area contributed by atoms with Crippen molar-refractivity contribution in [2.24, 2.45) is 5.92 Å². The van der Waals surface area contributed by atoms with E-state index >= 15 is 0 Å². The van der Waals surface area contributed by atoms with Crippen LogP contribution in [0.1, 0.15) is 13.3 Å². The summed E-state index contributed by atoms with van der Waals surface area (Å²) in [4.78, 5) is 17.6. The summed E-state index contributed by atoms with van der Waals surface area (Å²) in [5.74, 6) is 0.565. The first kappa shape index (κ1) is 17.4. The van der Waals surface area contributed by atoms with Gasteiger partial charge in [0, 0.05) is 24.5 Å². The van der Waals surface area contributed by atoms with Crippen LogP contribution in [0.25, 0.3) is 0 Å². The van der Waals surface area contributed by atoms with Gasteiger partial charge in [0.05, 0.1) is 10.7 Å². The summed E-state index contributed by atoms with van der Waals surface area (Å²) >= 11 is 7.72. The number of likely N-dealkylation sites (tertiary alicyclic amines) is 1. The minimum absolute atomic E-state index is 0.0285. The largest absolute Gasteiger partial charge is 0.324 e. The maximum atomic E-state index is 12.4. The lowest BCUT2D eigenvalue weighted by molar-refractivity contribution is 0.218. The molecule has 22 heavy (non-hydrogen) atoms. The number of thioether (sulfide) groups is 1. The van der Waals surface area contributed by atoms with E-state index in [9.17, 15) is 4.79 Å². The van der Waals surface area contributed by atoms with Gasteiger partial charge in [-0.05, 0) is 44.3 Å². The Bertz CT molecular complexity index is 526. The molecule has 1 saturated heterocycles. The van der Waals surface area contributed by atoms with Crippen LogP contribution in [0, 0.1) is 5.92 Å². The number of nitrogens with one attached hydrogen (secondary N) is 1. The van der Waals surface area contributed by atoms with E-state index in [2.05, 4.69) is 24.2 Å². The monoisotopic (exact) mass is 341 g/mol. The summed E-state index contributed by atoms with van der Waals surface area (Å²) in [5.41, 5.74) is 0.791. The number of carbonyl (C=O) groups is 1. The van der Waals surface area contributed by atoms with Gasteiger partial charge in [-0.15, -0.1) is 11.8 Å². The maximum absolute atomic E-state index is 12.4. The Labute approximate surface area is 142 Å². The molecule has 1 atom stereocenters. The zero-order valence-electron chi connectivity index (χ0n) is 13.4. The second-order valence-electron chi connectivity index (χ2n) is 5.71. The van der Waals surface area contributed by atoms with E-state index in [-0.39, 0.29) is 6.03 Å². The highest BCUT2D eigenvalue weighted by atomic mass is 35.5. The van der Waals surface area contributed by atoms with Gasteiger partial charge in [-0.25, -0.2) is 4.79 Å². The van der Waals surface area contributed by atoms with E-state index in [0.29, 0.717) is 10.9 Å². The molecule has 1 aliphatic heterocycles. The third kappa shape index (κ3) is 4.31. The van der Waals surface area contributed by atoms with E-state index < -0.39 is 0 Å². The molecule has 4 nitrogen and oxygen atoms in total. The van der Waals surface area contributed by atoms with Crippen molar-refractivity contribution in [2.45, 2.75) is 18.2 Å². The number of anilines is 1. The molecule has 1 fully saturated rings. The number of halogens is 1. The van der Waals surface area contributed by atoms with Crippen molar-refractivity contribution in [3.8, 4) is 0 Å². The highest BCUT2D eigenvalue weighted by molar-refractivity contribution is 7.98. The van der Waals surface area contributed by atoms with Crippen LogP contribution in [0.15, 0.2) is 23.1 Å². The molecule has 2 rings (SSSR count). The van der Waals surface area contributed by atoms with Crippen LogP contribution in [-0.2, 0) is 0 Å². The molecule has 0 aliphatic carbocycles. The summed E-state index contributed by atoms with van der Waals surface area (Å²) in [6.07, 6.45) is 3.03. The minimum Gasteiger partial charge on any atom is -0.324 e. The predicted molar refractivity (Wildman–Crippen MR) is 95.1 cm³/mol. The van der Waals surface area contributed by atoms with E-state index in [1.54, 1.807) is 11.8 Å². The lowest BCUT2D eigenvalue weighted by Crippen LogP contribution is -2.34. The first-order chi connectivity index (χ1) is 10.5. The molecule has 1 unspecified atom stereocenters. The lowest BCUT2D eigenvalue weighted by atomic mass is 10.1. The van der Waals surface area contributed by atoms with Crippen LogP contribution in [0.3, 0.4) is 0 Å². The Morgan fingerprint density at radius 2 is 2.32 bits per heavy atom. The van der Waals surface area contributed by atoms with Crippen molar-refractivity contribution in [1.29, 1.82) is 0 Å². The van der Waals surface area contributed by atoms with Crippen LogP contribution >= 0.6 is 23.4 Å². The van der Waals surface area contributed by atoms with Gasteiger partial charge in [-0.1, -0.05) is 24.6 Å². The fourth-order valence-corrected chi connectivity index (χ4v) is 3.75. The number of amides is 2. The molecule has 1 aromatic rings. The maximum Gasteiger partial charge on any atom is 0.321 e. The van der Waals surface area contributed by atoms with Gasteiger partial charge in [0.1, 0.15) is 0 Å². The van der Waals surface area contributed by atoms with Gasteiger partial charge in [0.25, 0.3) is 0 Å². The fraction of sp³-hybridized carbons (Fsp3) is 0.562. The van der Waals surface area contributed by atoms with Crippen molar-refractivity contribution in [3.63, 3.8) is 0 Å². The smallest absolute Gasteiger partial charge is 0.321 e. The third-order valence-electron chi connectivity index (χ3n) is 4.10. The zero-order chi connectivity index (χ0) is 16.1. The second-order valence-corrected chi connectivity index (χ2v) is 6.93. The summed E-state index contributed by atoms with van der Waals surface area (Å²) in [6, 6.07) is 5.57. The molecule has 2 amide bonds. The number of benzene rings is 1. The summed E-state index contributed by atoms with van der Waals surface area (Å²) < 4.78 is 0. The Kier molecular flexibility index (Phi) is 6.41. The summed E-state index contributed by atoms with van der Waals surface area (Å²) in [5, 5.41) is 3.68. The highest BCUT2D eigenvalue weighted by Crippen LogP contribution is 2.33. The topological polar surface area (TPSA) is 35.6 Å². The molecule has 1 heterocycles. The molecule has 0 radical (unpaired) electrons. The average Bonchev–Trinajstić information content (AvgIpc) is 2.96. The normalized spacial score (nSPS) is 18.0. The predicted octanol–water partition coefficient (Wildman–Crippen LogP) is 3.87. The molecule has 0 aromatic heterocycles. The number of urea groups is 1. The van der Waals surface area contributed by atoms with Gasteiger partial charge in [0.2, 0.25) is 0 Å². The quantitative estimate of drug-likeness (QED) is 0.826. The third-order valence-corrected chi connectivity index (χ3v) is 5.37. The van der Waals surface area contributed by atoms with Crippen molar-refractivity contribution >= 4 is 35.1 Å². The Morgan fingerprint density at radius 1 is 1.55 bits per heavy atom. The molecular weight excluding hydrogens is 318 g/mol. The summed E-state index contributed by atoms with van der Waals surface area (Å²) in [7, 11) is 2.12. The SMILES string of the molecule is CCN(C)CC1CCN(C(=O)Nc2cccc(Cl)c2SC)C1. The number of carbonyl (C=O) groups excluding carboxylic acids is 1. The Balaban J connectivity index is 1.95. The molecule has 0 spiro atoms. The fourth-order valence-electron chi connectivity index (χ4n) is 2.75. The van der Waals surface area contributed by atoms with Crippen LogP contribution in [-0.4, -0.2) is 55.3 Å². The Morgan fingerprint density at radius 3 is 3.00 bits per heavy atom. The van der Waals surface area contributed by atoms with Crippen molar-refractivity contribution in [1.82, 2.24) is 9.80 Å². The molecule has 0 bridgehead atoms. The summed E-state index contributed by atoms with van der Waals surface area (Å²) in [6.45, 7) is 5.90. The molecule has 6 heteroatoms.